The number of fused-ring (bicyclic) bond motifs is 1. The Morgan fingerprint density at radius 2 is 2.22 bits per heavy atom. The number of hydrogen-bond donors (Lipinski definition) is 1. The van der Waals surface area contributed by atoms with Gasteiger partial charge in [-0.05, 0) is 20.9 Å². The number of carbonyl (C=O) groups excluding carboxylic acids is 1. The number of likely N-dealkylation sites (N-methyl/N-ethyl adjacent to an activating group) is 1. The molecular formula is C12H20N4OS. The van der Waals surface area contributed by atoms with E-state index >= 15 is 0 Å². The van der Waals surface area contributed by atoms with Gasteiger partial charge >= 0.3 is 6.03 Å². The van der Waals surface area contributed by atoms with Gasteiger partial charge in [-0.15, -0.1) is 11.3 Å². The van der Waals surface area contributed by atoms with Crippen LogP contribution >= 0.6 is 11.3 Å². The first kappa shape index (κ1) is 13.3. The van der Waals surface area contributed by atoms with Gasteiger partial charge in [-0.1, -0.05) is 0 Å². The van der Waals surface area contributed by atoms with Crippen LogP contribution in [-0.4, -0.2) is 47.5 Å². The van der Waals surface area contributed by atoms with Crippen LogP contribution in [0.5, 0.6) is 0 Å². The maximum atomic E-state index is 11.9. The summed E-state index contributed by atoms with van der Waals surface area (Å²) in [6.07, 6.45) is 0.976. The second-order valence-electron chi connectivity index (χ2n) is 4.48. The number of urea groups is 1. The van der Waals surface area contributed by atoms with Crippen LogP contribution in [0.4, 0.5) is 9.93 Å². The molecule has 18 heavy (non-hydrogen) atoms. The fourth-order valence-corrected chi connectivity index (χ4v) is 3.14. The van der Waals surface area contributed by atoms with E-state index in [0.29, 0.717) is 0 Å². The Bertz CT molecular complexity index is 428. The molecule has 1 aliphatic rings. The predicted molar refractivity (Wildman–Crippen MR) is 74.1 cm³/mol. The predicted octanol–water partition coefficient (Wildman–Crippen LogP) is 2.00. The van der Waals surface area contributed by atoms with Gasteiger partial charge in [-0.3, -0.25) is 5.32 Å². The summed E-state index contributed by atoms with van der Waals surface area (Å²) in [6, 6.07) is -0.0561. The second kappa shape index (κ2) is 5.67. The van der Waals surface area contributed by atoms with Crippen molar-refractivity contribution in [1.82, 2.24) is 14.8 Å². The molecule has 0 saturated heterocycles. The molecule has 0 aliphatic carbocycles. The average molecular weight is 268 g/mol. The van der Waals surface area contributed by atoms with E-state index in [-0.39, 0.29) is 6.03 Å². The average Bonchev–Trinajstić information content (AvgIpc) is 2.71. The lowest BCUT2D eigenvalue weighted by atomic mass is 10.2. The van der Waals surface area contributed by atoms with E-state index in [0.717, 1.165) is 43.4 Å². The lowest BCUT2D eigenvalue weighted by Gasteiger charge is -2.20. The molecule has 0 radical (unpaired) electrons. The number of nitrogens with zero attached hydrogens (tertiary/aromatic N) is 3. The summed E-state index contributed by atoms with van der Waals surface area (Å²) in [5, 5.41) is 3.62. The number of rotatable bonds is 3. The van der Waals surface area contributed by atoms with Crippen LogP contribution in [0.25, 0.3) is 0 Å². The van der Waals surface area contributed by atoms with Crippen molar-refractivity contribution in [1.29, 1.82) is 0 Å². The molecule has 2 heterocycles. The summed E-state index contributed by atoms with van der Waals surface area (Å²) in [7, 11) is 2.11. The fraction of sp³-hybridized carbons (Fsp3) is 0.667. The minimum absolute atomic E-state index is 0.0561. The van der Waals surface area contributed by atoms with Crippen molar-refractivity contribution < 1.29 is 4.79 Å². The van der Waals surface area contributed by atoms with Crippen molar-refractivity contribution in [2.24, 2.45) is 0 Å². The number of hydrogen-bond acceptors (Lipinski definition) is 4. The Labute approximate surface area is 112 Å². The normalized spacial score (nSPS) is 15.3. The van der Waals surface area contributed by atoms with Crippen LogP contribution in [0.2, 0.25) is 0 Å². The highest BCUT2D eigenvalue weighted by molar-refractivity contribution is 7.15. The first-order valence-corrected chi connectivity index (χ1v) is 7.18. The molecule has 1 aromatic heterocycles. The highest BCUT2D eigenvalue weighted by atomic mass is 32.1. The minimum Gasteiger partial charge on any atom is -0.325 e. The molecule has 6 heteroatoms. The number of thiazole rings is 1. The maximum absolute atomic E-state index is 11.9. The molecule has 5 nitrogen and oxygen atoms in total. The highest BCUT2D eigenvalue weighted by Gasteiger charge is 2.19. The van der Waals surface area contributed by atoms with E-state index in [1.165, 1.54) is 4.88 Å². The number of aromatic nitrogens is 1. The second-order valence-corrected chi connectivity index (χ2v) is 5.56. The van der Waals surface area contributed by atoms with Crippen molar-refractivity contribution in [3.63, 3.8) is 0 Å². The summed E-state index contributed by atoms with van der Waals surface area (Å²) >= 11 is 1.59. The largest absolute Gasteiger partial charge is 0.325 e. The third-order valence-electron chi connectivity index (χ3n) is 3.19. The Hall–Kier alpha value is -1.14. The van der Waals surface area contributed by atoms with Gasteiger partial charge in [0.25, 0.3) is 0 Å². The molecular weight excluding hydrogens is 248 g/mol. The molecule has 0 fully saturated rings. The van der Waals surface area contributed by atoms with Gasteiger partial charge < -0.3 is 9.80 Å². The molecule has 2 amide bonds. The van der Waals surface area contributed by atoms with E-state index < -0.39 is 0 Å². The smallest absolute Gasteiger partial charge is 0.323 e. The molecule has 0 aromatic carbocycles. The van der Waals surface area contributed by atoms with E-state index in [4.69, 9.17) is 0 Å². The first-order chi connectivity index (χ1) is 8.63. The Balaban J connectivity index is 2.04. The Morgan fingerprint density at radius 1 is 1.50 bits per heavy atom. The van der Waals surface area contributed by atoms with Crippen molar-refractivity contribution in [3.8, 4) is 0 Å². The van der Waals surface area contributed by atoms with Crippen molar-refractivity contribution in [3.05, 3.63) is 10.6 Å². The van der Waals surface area contributed by atoms with Crippen LogP contribution in [0.15, 0.2) is 0 Å². The van der Waals surface area contributed by atoms with Crippen LogP contribution < -0.4 is 5.32 Å². The molecule has 1 N–H and O–H groups in total. The molecule has 0 bridgehead atoms. The van der Waals surface area contributed by atoms with Gasteiger partial charge in [0.05, 0.1) is 5.69 Å². The monoisotopic (exact) mass is 268 g/mol. The van der Waals surface area contributed by atoms with Crippen LogP contribution in [0.3, 0.4) is 0 Å². The zero-order valence-corrected chi connectivity index (χ0v) is 12.0. The van der Waals surface area contributed by atoms with E-state index in [1.54, 1.807) is 16.2 Å². The topological polar surface area (TPSA) is 48.5 Å². The zero-order chi connectivity index (χ0) is 13.1. The molecule has 0 atom stereocenters. The van der Waals surface area contributed by atoms with Gasteiger partial charge in [0.2, 0.25) is 0 Å². The summed E-state index contributed by atoms with van der Waals surface area (Å²) in [4.78, 5) is 21.7. The van der Waals surface area contributed by atoms with E-state index in [1.807, 2.05) is 13.8 Å². The Morgan fingerprint density at radius 3 is 2.89 bits per heavy atom. The summed E-state index contributed by atoms with van der Waals surface area (Å²) in [6.45, 7) is 7.37. The molecule has 2 rings (SSSR count). The van der Waals surface area contributed by atoms with Gasteiger partial charge in [0, 0.05) is 37.5 Å². The third kappa shape index (κ3) is 2.81. The molecule has 0 spiro atoms. The van der Waals surface area contributed by atoms with Crippen LogP contribution in [-0.2, 0) is 13.0 Å². The zero-order valence-electron chi connectivity index (χ0n) is 11.2. The SMILES string of the molecule is CCN(CC)C(=O)Nc1nc2c(s1)CN(C)CC2. The number of nitrogens with one attached hydrogen (secondary N) is 1. The molecule has 0 saturated carbocycles. The quantitative estimate of drug-likeness (QED) is 0.912. The first-order valence-electron chi connectivity index (χ1n) is 6.37. The van der Waals surface area contributed by atoms with Crippen molar-refractivity contribution in [2.45, 2.75) is 26.8 Å². The van der Waals surface area contributed by atoms with Gasteiger partial charge in [0.1, 0.15) is 0 Å². The molecule has 1 aliphatic heterocycles. The Kier molecular flexibility index (Phi) is 4.19. The third-order valence-corrected chi connectivity index (χ3v) is 4.18. The van der Waals surface area contributed by atoms with Crippen LogP contribution in [0, 0.1) is 0 Å². The number of amides is 2. The number of anilines is 1. The lowest BCUT2D eigenvalue weighted by molar-refractivity contribution is 0.217. The van der Waals surface area contributed by atoms with Crippen LogP contribution in [0.1, 0.15) is 24.4 Å². The van der Waals surface area contributed by atoms with E-state index in [9.17, 15) is 4.79 Å². The van der Waals surface area contributed by atoms with Crippen molar-refractivity contribution >= 4 is 22.5 Å². The van der Waals surface area contributed by atoms with Crippen molar-refractivity contribution in [2.75, 3.05) is 32.0 Å². The lowest BCUT2D eigenvalue weighted by Crippen LogP contribution is -2.34. The number of carbonyl (C=O) groups is 1. The molecule has 1 aromatic rings. The standard InChI is InChI=1S/C12H20N4OS/c1-4-16(5-2)12(17)14-11-13-9-6-7-15(3)8-10(9)18-11/h4-8H2,1-3H3,(H,13,14,17). The van der Waals surface area contributed by atoms with Gasteiger partial charge in [-0.25, -0.2) is 9.78 Å². The van der Waals surface area contributed by atoms with Gasteiger partial charge in [0.15, 0.2) is 5.13 Å². The summed E-state index contributed by atoms with van der Waals surface area (Å²) in [5.74, 6) is 0. The summed E-state index contributed by atoms with van der Waals surface area (Å²) < 4.78 is 0. The highest BCUT2D eigenvalue weighted by Crippen LogP contribution is 2.27. The molecule has 0 unspecified atom stereocenters. The van der Waals surface area contributed by atoms with E-state index in [2.05, 4.69) is 22.2 Å². The fourth-order valence-electron chi connectivity index (χ4n) is 2.06. The minimum atomic E-state index is -0.0561. The summed E-state index contributed by atoms with van der Waals surface area (Å²) in [5.41, 5.74) is 1.15. The van der Waals surface area contributed by atoms with Gasteiger partial charge in [-0.2, -0.15) is 0 Å². The maximum Gasteiger partial charge on any atom is 0.323 e. The molecule has 100 valence electrons.